The van der Waals surface area contributed by atoms with E-state index in [4.69, 9.17) is 9.47 Å². The fourth-order valence-corrected chi connectivity index (χ4v) is 4.04. The molecule has 3 rings (SSSR count). The molecule has 0 saturated carbocycles. The van der Waals surface area contributed by atoms with Crippen molar-refractivity contribution in [2.45, 2.75) is 12.2 Å². The topological polar surface area (TPSA) is 85.6 Å². The second-order valence-electron chi connectivity index (χ2n) is 5.48. The van der Waals surface area contributed by atoms with E-state index in [9.17, 15) is 9.90 Å². The number of phenols is 1. The van der Waals surface area contributed by atoms with Crippen LogP contribution in [0.1, 0.15) is 22.1 Å². The van der Waals surface area contributed by atoms with Crippen molar-refractivity contribution in [2.24, 2.45) is 7.05 Å². The van der Waals surface area contributed by atoms with Gasteiger partial charge in [-0.25, -0.2) is 0 Å². The summed E-state index contributed by atoms with van der Waals surface area (Å²) in [6.07, 6.45) is 0. The number of fused-ring (bicyclic) bond motifs is 1. The summed E-state index contributed by atoms with van der Waals surface area (Å²) in [5, 5.41) is 17.3. The lowest BCUT2D eigenvalue weighted by atomic mass is 10.0. The molecule has 128 valence electrons. The van der Waals surface area contributed by atoms with Gasteiger partial charge in [0.1, 0.15) is 5.82 Å². The molecule has 1 aliphatic rings. The Labute approximate surface area is 144 Å². The molecule has 0 bridgehead atoms. The zero-order chi connectivity index (χ0) is 17.4. The quantitative estimate of drug-likeness (QED) is 0.884. The van der Waals surface area contributed by atoms with Crippen molar-refractivity contribution in [3.05, 3.63) is 29.0 Å². The number of aryl methyl sites for hydroxylation is 2. The van der Waals surface area contributed by atoms with Gasteiger partial charge >= 0.3 is 0 Å². The zero-order valence-electron chi connectivity index (χ0n) is 13.9. The maximum absolute atomic E-state index is 12.0. The summed E-state index contributed by atoms with van der Waals surface area (Å²) in [5.74, 6) is 1.57. The largest absolute Gasteiger partial charge is 0.502 e. The molecular formula is C16H19N3O4S. The number of aromatic nitrogens is 2. The number of nitrogens with one attached hydrogen (secondary N) is 1. The number of anilines is 1. The molecule has 0 radical (unpaired) electrons. The van der Waals surface area contributed by atoms with E-state index in [0.717, 1.165) is 16.8 Å². The number of carbonyl (C=O) groups is 1. The van der Waals surface area contributed by atoms with Crippen LogP contribution >= 0.6 is 11.8 Å². The number of aromatic hydroxyl groups is 1. The Balaban J connectivity index is 2.18. The standard InChI is InChI=1S/C16H19N3O4S/c1-8-13-15(24-7-12(20)17-16(13)19(2)18-8)9-5-10(22-3)14(21)11(6-9)23-4/h5-6,15,21H,7H2,1-4H3,(H,17,20). The first kappa shape index (κ1) is 16.5. The van der Waals surface area contributed by atoms with E-state index < -0.39 is 0 Å². The zero-order valence-corrected chi connectivity index (χ0v) is 14.7. The summed E-state index contributed by atoms with van der Waals surface area (Å²) in [7, 11) is 4.78. The number of thioether (sulfide) groups is 1. The number of rotatable bonds is 3. The highest BCUT2D eigenvalue weighted by atomic mass is 32.2. The summed E-state index contributed by atoms with van der Waals surface area (Å²) in [5.41, 5.74) is 2.67. The average Bonchev–Trinajstić information content (AvgIpc) is 2.73. The van der Waals surface area contributed by atoms with Gasteiger partial charge in [-0.15, -0.1) is 11.8 Å². The highest BCUT2D eigenvalue weighted by Gasteiger charge is 2.30. The Morgan fingerprint density at radius 3 is 2.54 bits per heavy atom. The number of ether oxygens (including phenoxy) is 2. The summed E-state index contributed by atoms with van der Waals surface area (Å²) in [6.45, 7) is 1.92. The maximum atomic E-state index is 12.0. The number of hydrogen-bond acceptors (Lipinski definition) is 6. The van der Waals surface area contributed by atoms with Gasteiger partial charge in [0.25, 0.3) is 0 Å². The highest BCUT2D eigenvalue weighted by Crippen LogP contribution is 2.47. The minimum atomic E-state index is -0.129. The summed E-state index contributed by atoms with van der Waals surface area (Å²) in [4.78, 5) is 12.0. The maximum Gasteiger partial charge on any atom is 0.235 e. The molecule has 2 aromatic rings. The van der Waals surface area contributed by atoms with Crippen LogP contribution < -0.4 is 14.8 Å². The number of hydrogen-bond donors (Lipinski definition) is 2. The minimum Gasteiger partial charge on any atom is -0.502 e. The predicted molar refractivity (Wildman–Crippen MR) is 92.1 cm³/mol. The highest BCUT2D eigenvalue weighted by molar-refractivity contribution is 8.00. The summed E-state index contributed by atoms with van der Waals surface area (Å²) in [6, 6.07) is 3.53. The van der Waals surface area contributed by atoms with Gasteiger partial charge in [0.2, 0.25) is 11.7 Å². The number of benzene rings is 1. The van der Waals surface area contributed by atoms with Crippen molar-refractivity contribution >= 4 is 23.5 Å². The summed E-state index contributed by atoms with van der Waals surface area (Å²) >= 11 is 1.50. The molecule has 0 saturated heterocycles. The Morgan fingerprint density at radius 1 is 1.33 bits per heavy atom. The van der Waals surface area contributed by atoms with Crippen molar-refractivity contribution in [2.75, 3.05) is 25.3 Å². The van der Waals surface area contributed by atoms with E-state index in [1.807, 2.05) is 6.92 Å². The molecule has 7 nitrogen and oxygen atoms in total. The van der Waals surface area contributed by atoms with Gasteiger partial charge in [-0.2, -0.15) is 5.10 Å². The van der Waals surface area contributed by atoms with Crippen LogP contribution in [0.25, 0.3) is 0 Å². The van der Waals surface area contributed by atoms with Crippen LogP contribution in [0.2, 0.25) is 0 Å². The molecule has 8 heteroatoms. The SMILES string of the molecule is COc1cc(C2SCC(=O)Nc3c2c(C)nn3C)cc(OC)c1O. The molecule has 0 fully saturated rings. The molecule has 1 aliphatic heterocycles. The molecule has 2 N–H and O–H groups in total. The van der Waals surface area contributed by atoms with Crippen molar-refractivity contribution in [3.8, 4) is 17.2 Å². The molecule has 1 aromatic carbocycles. The van der Waals surface area contributed by atoms with Gasteiger partial charge < -0.3 is 19.9 Å². The molecule has 1 amide bonds. The lowest BCUT2D eigenvalue weighted by molar-refractivity contribution is -0.113. The van der Waals surface area contributed by atoms with Gasteiger partial charge in [0.15, 0.2) is 11.5 Å². The predicted octanol–water partition coefficient (Wildman–Crippen LogP) is 2.23. The Bertz CT molecular complexity index is 778. The van der Waals surface area contributed by atoms with Gasteiger partial charge in [-0.05, 0) is 24.6 Å². The molecule has 2 heterocycles. The first-order chi connectivity index (χ1) is 11.5. The second-order valence-corrected chi connectivity index (χ2v) is 6.58. The van der Waals surface area contributed by atoms with E-state index in [1.165, 1.54) is 26.0 Å². The Hall–Kier alpha value is -2.35. The van der Waals surface area contributed by atoms with Crippen LogP contribution in [0.15, 0.2) is 12.1 Å². The van der Waals surface area contributed by atoms with Crippen LogP contribution in [-0.4, -0.2) is 40.8 Å². The van der Waals surface area contributed by atoms with Gasteiger partial charge in [-0.3, -0.25) is 9.48 Å². The van der Waals surface area contributed by atoms with Crippen molar-refractivity contribution < 1.29 is 19.4 Å². The third-order valence-corrected chi connectivity index (χ3v) is 5.24. The average molecular weight is 349 g/mol. The first-order valence-electron chi connectivity index (χ1n) is 7.36. The van der Waals surface area contributed by atoms with Gasteiger partial charge in [0, 0.05) is 12.6 Å². The van der Waals surface area contributed by atoms with Crippen molar-refractivity contribution in [1.82, 2.24) is 9.78 Å². The van der Waals surface area contributed by atoms with Gasteiger partial charge in [-0.1, -0.05) is 0 Å². The van der Waals surface area contributed by atoms with Crippen molar-refractivity contribution in [3.63, 3.8) is 0 Å². The van der Waals surface area contributed by atoms with Crippen LogP contribution in [0.5, 0.6) is 17.2 Å². The number of nitrogens with zero attached hydrogens (tertiary/aromatic N) is 2. The Kier molecular flexibility index (Phi) is 4.31. The normalized spacial score (nSPS) is 17.0. The Morgan fingerprint density at radius 2 is 1.96 bits per heavy atom. The molecule has 0 aliphatic carbocycles. The molecule has 1 atom stereocenters. The van der Waals surface area contributed by atoms with Crippen LogP contribution in [0.4, 0.5) is 5.82 Å². The molecular weight excluding hydrogens is 330 g/mol. The molecule has 1 aromatic heterocycles. The fraction of sp³-hybridized carbons (Fsp3) is 0.375. The third kappa shape index (κ3) is 2.66. The minimum absolute atomic E-state index is 0.0419. The number of amides is 1. The van der Waals surface area contributed by atoms with Crippen LogP contribution in [0.3, 0.4) is 0 Å². The lowest BCUT2D eigenvalue weighted by Gasteiger charge is -2.18. The molecule has 1 unspecified atom stereocenters. The van der Waals surface area contributed by atoms with Crippen LogP contribution in [-0.2, 0) is 11.8 Å². The first-order valence-corrected chi connectivity index (χ1v) is 8.41. The number of phenolic OH excluding ortho intramolecular Hbond substituents is 1. The fourth-order valence-electron chi connectivity index (χ4n) is 2.88. The monoisotopic (exact) mass is 349 g/mol. The lowest BCUT2D eigenvalue weighted by Crippen LogP contribution is -2.15. The van der Waals surface area contributed by atoms with E-state index in [-0.39, 0.29) is 16.9 Å². The second kappa shape index (κ2) is 6.27. The third-order valence-electron chi connectivity index (χ3n) is 3.97. The van der Waals surface area contributed by atoms with E-state index in [0.29, 0.717) is 23.1 Å². The summed E-state index contributed by atoms with van der Waals surface area (Å²) < 4.78 is 12.2. The van der Waals surface area contributed by atoms with Crippen LogP contribution in [0, 0.1) is 6.92 Å². The smallest absolute Gasteiger partial charge is 0.235 e. The van der Waals surface area contributed by atoms with E-state index in [1.54, 1.807) is 23.9 Å². The van der Waals surface area contributed by atoms with Crippen molar-refractivity contribution in [1.29, 1.82) is 0 Å². The van der Waals surface area contributed by atoms with E-state index >= 15 is 0 Å². The molecule has 0 spiro atoms. The van der Waals surface area contributed by atoms with E-state index in [2.05, 4.69) is 10.4 Å². The molecule has 24 heavy (non-hydrogen) atoms. The van der Waals surface area contributed by atoms with Gasteiger partial charge in [0.05, 0.1) is 30.9 Å². The number of carbonyl (C=O) groups excluding carboxylic acids is 1. The number of methoxy groups -OCH3 is 2.